The molecule has 0 radical (unpaired) electrons. The summed E-state index contributed by atoms with van der Waals surface area (Å²) < 4.78 is 0. The highest BCUT2D eigenvalue weighted by molar-refractivity contribution is 7.98. The van der Waals surface area contributed by atoms with Crippen molar-refractivity contribution in [2.45, 2.75) is 168 Å². The zero-order chi connectivity index (χ0) is 49.6. The van der Waals surface area contributed by atoms with E-state index in [1.807, 2.05) is 27.0 Å². The zero-order valence-corrected chi connectivity index (χ0v) is 40.7. The largest absolute Gasteiger partial charge is 0.480 e. The third kappa shape index (κ3) is 19.5. The van der Waals surface area contributed by atoms with Gasteiger partial charge in [-0.05, 0) is 75.2 Å². The number of carbonyl (C=O) groups excluding carboxylic acids is 8. The molecule has 370 valence electrons. The lowest BCUT2D eigenvalue weighted by Gasteiger charge is -2.32. The first kappa shape index (κ1) is 57.9. The van der Waals surface area contributed by atoms with E-state index in [1.54, 1.807) is 27.7 Å². The molecule has 0 aromatic heterocycles. The van der Waals surface area contributed by atoms with Gasteiger partial charge in [0.1, 0.15) is 48.3 Å². The number of nitrogens with two attached hydrogens (primary N) is 2. The Kier molecular flexibility index (Phi) is 26.2. The Morgan fingerprint density at radius 3 is 1.69 bits per heavy atom. The van der Waals surface area contributed by atoms with Crippen molar-refractivity contribution in [3.8, 4) is 0 Å². The molecule has 1 aliphatic heterocycles. The molecule has 8 amide bonds. The van der Waals surface area contributed by atoms with Gasteiger partial charge in [0.15, 0.2) is 5.96 Å². The van der Waals surface area contributed by atoms with E-state index in [1.165, 1.54) is 30.5 Å². The molecule has 0 aliphatic carbocycles. The van der Waals surface area contributed by atoms with Gasteiger partial charge in [0.25, 0.3) is 0 Å². The fourth-order valence-corrected chi connectivity index (χ4v) is 7.62. The normalized spacial score (nSPS) is 17.6. The van der Waals surface area contributed by atoms with Gasteiger partial charge >= 0.3 is 5.97 Å². The Balaban J connectivity index is 3.41. The minimum Gasteiger partial charge on any atom is -0.480 e. The van der Waals surface area contributed by atoms with E-state index >= 15 is 0 Å². The third-order valence-electron chi connectivity index (χ3n) is 11.5. The molecule has 0 saturated carbocycles. The van der Waals surface area contributed by atoms with Crippen molar-refractivity contribution < 1.29 is 48.3 Å². The zero-order valence-electron chi connectivity index (χ0n) is 39.9. The van der Waals surface area contributed by atoms with Gasteiger partial charge in [-0.2, -0.15) is 11.8 Å². The van der Waals surface area contributed by atoms with Crippen molar-refractivity contribution in [1.82, 2.24) is 42.1 Å². The van der Waals surface area contributed by atoms with Crippen LogP contribution in [0.15, 0.2) is 4.99 Å². The predicted molar refractivity (Wildman–Crippen MR) is 249 cm³/mol. The molecule has 1 rings (SSSR count). The van der Waals surface area contributed by atoms with Crippen molar-refractivity contribution >= 4 is 70.9 Å². The van der Waals surface area contributed by atoms with E-state index in [2.05, 4.69) is 42.2 Å². The van der Waals surface area contributed by atoms with Crippen molar-refractivity contribution in [2.75, 3.05) is 25.1 Å². The second kappa shape index (κ2) is 29.4. The lowest BCUT2D eigenvalue weighted by molar-refractivity contribution is -0.144. The van der Waals surface area contributed by atoms with Crippen LogP contribution in [0.5, 0.6) is 0 Å². The molecule has 1 saturated heterocycles. The molecule has 0 aromatic carbocycles. The van der Waals surface area contributed by atoms with Crippen LogP contribution in [0, 0.1) is 17.8 Å². The maximum absolute atomic E-state index is 14.2. The highest BCUT2D eigenvalue weighted by Crippen LogP contribution is 2.21. The van der Waals surface area contributed by atoms with Gasteiger partial charge in [0, 0.05) is 20.0 Å². The summed E-state index contributed by atoms with van der Waals surface area (Å²) in [4.78, 5) is 125. The Bertz CT molecular complexity index is 1660. The van der Waals surface area contributed by atoms with Crippen molar-refractivity contribution in [1.29, 1.82) is 0 Å². The quantitative estimate of drug-likeness (QED) is 0.0266. The number of likely N-dealkylation sites (tertiary alicyclic amines) is 1. The van der Waals surface area contributed by atoms with Crippen LogP contribution in [-0.4, -0.2) is 143 Å². The van der Waals surface area contributed by atoms with E-state index in [-0.39, 0.29) is 63.0 Å². The first-order chi connectivity index (χ1) is 30.5. The molecule has 65 heavy (non-hydrogen) atoms. The number of thioether (sulfide) groups is 1. The van der Waals surface area contributed by atoms with Crippen LogP contribution in [-0.2, 0) is 43.2 Å². The van der Waals surface area contributed by atoms with Gasteiger partial charge in [-0.15, -0.1) is 0 Å². The molecule has 10 atom stereocenters. The average Bonchev–Trinajstić information content (AvgIpc) is 3.75. The van der Waals surface area contributed by atoms with E-state index in [9.17, 15) is 48.3 Å². The van der Waals surface area contributed by atoms with E-state index in [4.69, 9.17) is 11.5 Å². The molecule has 1 heterocycles. The third-order valence-corrected chi connectivity index (χ3v) is 12.1. The summed E-state index contributed by atoms with van der Waals surface area (Å²) in [5, 5.41) is 28.3. The fourth-order valence-electron chi connectivity index (χ4n) is 7.15. The van der Waals surface area contributed by atoms with Crippen LogP contribution in [0.25, 0.3) is 0 Å². The predicted octanol–water partition coefficient (Wildman–Crippen LogP) is -0.150. The number of guanidine groups is 1. The number of carboxylic acid groups (broad SMARTS) is 1. The Morgan fingerprint density at radius 1 is 0.692 bits per heavy atom. The summed E-state index contributed by atoms with van der Waals surface area (Å²) in [5.74, 6) is -6.80. The molecule has 0 unspecified atom stereocenters. The first-order valence-electron chi connectivity index (χ1n) is 22.7. The summed E-state index contributed by atoms with van der Waals surface area (Å²) in [7, 11) is 0. The molecular formula is C43H77N11O10S. The fraction of sp³-hybridized carbons (Fsp3) is 0.767. The van der Waals surface area contributed by atoms with Crippen molar-refractivity contribution in [3.05, 3.63) is 0 Å². The van der Waals surface area contributed by atoms with Gasteiger partial charge in [-0.25, -0.2) is 0 Å². The summed E-state index contributed by atoms with van der Waals surface area (Å²) in [6.07, 6.45) is 4.66. The number of rotatable bonds is 29. The summed E-state index contributed by atoms with van der Waals surface area (Å²) in [6, 6.07) is -8.71. The average molecular weight is 940 g/mol. The van der Waals surface area contributed by atoms with Gasteiger partial charge in [0.05, 0.1) is 0 Å². The van der Waals surface area contributed by atoms with E-state index < -0.39 is 107 Å². The van der Waals surface area contributed by atoms with Gasteiger partial charge in [-0.3, -0.25) is 48.1 Å². The SMILES string of the molecule is CCC[C@H](NC(=O)[C@H](CCSC)NC(=O)[C@H](NC(=O)[C@@H](NC(C)=O)C(C)C)[C@@H](C)CC)C(=O)N[C@H](C(=O)N[C@@H](CCCN=C(N)N)C(=O)N1CCC[C@H]1C(=O)N[C@H](C)C(=O)O)[C@@H](C)CC. The minimum atomic E-state index is -1.24. The van der Waals surface area contributed by atoms with Crippen molar-refractivity contribution in [3.63, 3.8) is 0 Å². The second-order valence-electron chi connectivity index (χ2n) is 17.1. The van der Waals surface area contributed by atoms with Crippen LogP contribution in [0.2, 0.25) is 0 Å². The molecule has 0 aromatic rings. The molecule has 1 aliphatic rings. The lowest BCUT2D eigenvalue weighted by atomic mass is 9.96. The number of nitrogens with one attached hydrogen (secondary N) is 7. The maximum atomic E-state index is 14.2. The molecular weight excluding hydrogens is 863 g/mol. The van der Waals surface area contributed by atoms with Crippen LogP contribution >= 0.6 is 11.8 Å². The molecule has 21 nitrogen and oxygen atoms in total. The van der Waals surface area contributed by atoms with Gasteiger partial charge < -0.3 is 58.7 Å². The van der Waals surface area contributed by atoms with Crippen LogP contribution in [0.1, 0.15) is 120 Å². The number of hydrogen-bond donors (Lipinski definition) is 10. The smallest absolute Gasteiger partial charge is 0.325 e. The summed E-state index contributed by atoms with van der Waals surface area (Å²) in [5.41, 5.74) is 11.0. The number of aliphatic imine (C=N–C) groups is 1. The number of nitrogens with zero attached hydrogens (tertiary/aromatic N) is 2. The highest BCUT2D eigenvalue weighted by atomic mass is 32.2. The molecule has 1 fully saturated rings. The van der Waals surface area contributed by atoms with Crippen LogP contribution in [0.4, 0.5) is 0 Å². The Hall–Kier alpha value is -5.15. The van der Waals surface area contributed by atoms with Crippen LogP contribution in [0.3, 0.4) is 0 Å². The maximum Gasteiger partial charge on any atom is 0.325 e. The first-order valence-corrected chi connectivity index (χ1v) is 24.1. The number of aliphatic carboxylic acids is 1. The van der Waals surface area contributed by atoms with Gasteiger partial charge in [0.2, 0.25) is 47.3 Å². The number of amides is 8. The number of hydrogen-bond acceptors (Lipinski definition) is 11. The number of carboxylic acids is 1. The Labute approximate surface area is 388 Å². The Morgan fingerprint density at radius 2 is 1.20 bits per heavy atom. The minimum absolute atomic E-state index is 0.0613. The molecule has 12 N–H and O–H groups in total. The summed E-state index contributed by atoms with van der Waals surface area (Å²) >= 11 is 1.45. The van der Waals surface area contributed by atoms with Crippen LogP contribution < -0.4 is 48.7 Å². The molecule has 0 spiro atoms. The molecule has 22 heteroatoms. The number of carbonyl (C=O) groups is 9. The monoisotopic (exact) mass is 940 g/mol. The standard InChI is InChI=1S/C43H77N11O10S/c1-11-16-28(49-35(56)29(19-22-65-10)50-39(60)34(25(7)13-3)53-38(59)32(23(4)5)48-27(9)55)36(57)52-33(24(6)12-2)40(61)51-30(17-14-20-46-43(44)45)41(62)54-21-15-18-31(54)37(58)47-26(8)42(63)64/h23-26,28-34H,11-22H2,1-10H3,(H,47,58)(H,48,55)(H,49,56)(H,50,60)(H,51,61)(H,52,57)(H,53,59)(H,63,64)(H4,44,45,46)/t24-,25-,26+,28-,29-,30-,31-,32-,33-,34+/m0/s1. The summed E-state index contributed by atoms with van der Waals surface area (Å²) in [6.45, 7) is 15.5. The van der Waals surface area contributed by atoms with Gasteiger partial charge in [-0.1, -0.05) is 67.7 Å². The highest BCUT2D eigenvalue weighted by Gasteiger charge is 2.40. The lowest BCUT2D eigenvalue weighted by Crippen LogP contribution is -2.61. The van der Waals surface area contributed by atoms with E-state index in [0.717, 1.165) is 0 Å². The molecule has 0 bridgehead atoms. The van der Waals surface area contributed by atoms with Crippen molar-refractivity contribution in [2.24, 2.45) is 34.2 Å². The van der Waals surface area contributed by atoms with E-state index in [0.29, 0.717) is 31.4 Å². The second-order valence-corrected chi connectivity index (χ2v) is 18.1. The topological polar surface area (TPSA) is 326 Å².